The fraction of sp³-hybridized carbons (Fsp3) is 0.462. The average Bonchev–Trinajstić information content (AvgIpc) is 2.38. The highest BCUT2D eigenvalue weighted by molar-refractivity contribution is 7.89. The number of benzene rings is 1. The van der Waals surface area contributed by atoms with E-state index in [4.69, 9.17) is 11.6 Å². The summed E-state index contributed by atoms with van der Waals surface area (Å²) in [5.74, 6) is -0.438. The van der Waals surface area contributed by atoms with Crippen molar-refractivity contribution in [3.8, 4) is 0 Å². The Labute approximate surface area is 124 Å². The van der Waals surface area contributed by atoms with Gasteiger partial charge in [0, 0.05) is 18.1 Å². The van der Waals surface area contributed by atoms with Crippen LogP contribution in [0.15, 0.2) is 23.1 Å². The number of carbonyl (C=O) groups is 1. The van der Waals surface area contributed by atoms with Crippen LogP contribution in [0.1, 0.15) is 18.9 Å². The van der Waals surface area contributed by atoms with Crippen LogP contribution in [0, 0.1) is 6.92 Å². The molecule has 1 aromatic carbocycles. The Bertz CT molecular complexity index is 586. The maximum absolute atomic E-state index is 12.5. The van der Waals surface area contributed by atoms with E-state index in [0.717, 1.165) is 0 Å². The number of rotatable bonds is 6. The van der Waals surface area contributed by atoms with Gasteiger partial charge in [-0.1, -0.05) is 18.5 Å². The van der Waals surface area contributed by atoms with Gasteiger partial charge < -0.3 is 4.74 Å². The Morgan fingerprint density at radius 3 is 2.55 bits per heavy atom. The van der Waals surface area contributed by atoms with Gasteiger partial charge in [-0.05, 0) is 30.7 Å². The Hall–Kier alpha value is -1.11. The minimum absolute atomic E-state index is 0.0240. The summed E-state index contributed by atoms with van der Waals surface area (Å²) in [7, 11) is -2.36. The molecule has 0 amide bonds. The number of hydrogen-bond donors (Lipinski definition) is 0. The minimum atomic E-state index is -3.64. The molecule has 0 heterocycles. The number of esters is 1. The topological polar surface area (TPSA) is 63.7 Å². The van der Waals surface area contributed by atoms with Crippen LogP contribution in [0.5, 0.6) is 0 Å². The molecule has 0 radical (unpaired) electrons. The van der Waals surface area contributed by atoms with Crippen LogP contribution in [0.4, 0.5) is 0 Å². The van der Waals surface area contributed by atoms with Crippen LogP contribution in [-0.2, 0) is 19.6 Å². The van der Waals surface area contributed by atoms with Crippen LogP contribution in [0.2, 0.25) is 5.02 Å². The van der Waals surface area contributed by atoms with E-state index in [2.05, 4.69) is 4.74 Å². The molecule has 0 unspecified atom stereocenters. The Morgan fingerprint density at radius 1 is 1.40 bits per heavy atom. The van der Waals surface area contributed by atoms with E-state index in [0.29, 0.717) is 10.6 Å². The largest absolute Gasteiger partial charge is 0.469 e. The summed E-state index contributed by atoms with van der Waals surface area (Å²) in [5.41, 5.74) is 0.578. The zero-order valence-corrected chi connectivity index (χ0v) is 13.3. The molecule has 0 aliphatic carbocycles. The smallest absolute Gasteiger partial charge is 0.306 e. The number of nitrogens with zero attached hydrogens (tertiary/aromatic N) is 1. The average molecular weight is 320 g/mol. The van der Waals surface area contributed by atoms with Crippen LogP contribution >= 0.6 is 11.6 Å². The van der Waals surface area contributed by atoms with E-state index in [9.17, 15) is 13.2 Å². The first-order chi connectivity index (χ1) is 9.32. The summed E-state index contributed by atoms with van der Waals surface area (Å²) in [6, 6.07) is 4.62. The van der Waals surface area contributed by atoms with Gasteiger partial charge in [-0.3, -0.25) is 4.79 Å². The molecule has 0 atom stereocenters. The van der Waals surface area contributed by atoms with Gasteiger partial charge >= 0.3 is 5.97 Å². The van der Waals surface area contributed by atoms with Gasteiger partial charge in [-0.25, -0.2) is 8.42 Å². The van der Waals surface area contributed by atoms with Crippen molar-refractivity contribution in [1.29, 1.82) is 0 Å². The second kappa shape index (κ2) is 7.06. The zero-order chi connectivity index (χ0) is 15.3. The third-order valence-corrected chi connectivity index (χ3v) is 5.27. The molecule has 0 aliphatic rings. The molecule has 0 saturated carbocycles. The van der Waals surface area contributed by atoms with Crippen LogP contribution in [0.25, 0.3) is 0 Å². The van der Waals surface area contributed by atoms with Crippen molar-refractivity contribution in [3.05, 3.63) is 28.8 Å². The molecule has 0 bridgehead atoms. The SMILES string of the molecule is CCN(CCC(=O)OC)S(=O)(=O)c1ccc(Cl)cc1C. The van der Waals surface area contributed by atoms with Gasteiger partial charge in [-0.15, -0.1) is 0 Å². The molecule has 0 fully saturated rings. The van der Waals surface area contributed by atoms with E-state index >= 15 is 0 Å². The number of sulfonamides is 1. The van der Waals surface area contributed by atoms with Crippen molar-refractivity contribution in [1.82, 2.24) is 4.31 Å². The highest BCUT2D eigenvalue weighted by Crippen LogP contribution is 2.23. The van der Waals surface area contributed by atoms with Crippen LogP contribution < -0.4 is 0 Å². The first kappa shape index (κ1) is 16.9. The van der Waals surface area contributed by atoms with Gasteiger partial charge in [0.1, 0.15) is 0 Å². The molecule has 0 N–H and O–H groups in total. The molecule has 0 spiro atoms. The van der Waals surface area contributed by atoms with E-state index in [1.54, 1.807) is 19.9 Å². The Balaban J connectivity index is 3.02. The first-order valence-electron chi connectivity index (χ1n) is 6.16. The summed E-state index contributed by atoms with van der Waals surface area (Å²) < 4.78 is 30.8. The third-order valence-electron chi connectivity index (χ3n) is 2.90. The molecule has 1 aromatic rings. The number of hydrogen-bond acceptors (Lipinski definition) is 4. The molecule has 5 nitrogen and oxygen atoms in total. The van der Waals surface area contributed by atoms with Crippen molar-refractivity contribution in [2.75, 3.05) is 20.2 Å². The molecular weight excluding hydrogens is 302 g/mol. The van der Waals surface area contributed by atoms with E-state index in [1.807, 2.05) is 0 Å². The van der Waals surface area contributed by atoms with Crippen LogP contribution in [0.3, 0.4) is 0 Å². The Kier molecular flexibility index (Phi) is 5.98. The number of halogens is 1. The predicted octanol–water partition coefficient (Wildman–Crippen LogP) is 2.22. The first-order valence-corrected chi connectivity index (χ1v) is 7.97. The maximum Gasteiger partial charge on any atom is 0.306 e. The monoisotopic (exact) mass is 319 g/mol. The van der Waals surface area contributed by atoms with Crippen molar-refractivity contribution in [3.63, 3.8) is 0 Å². The highest BCUT2D eigenvalue weighted by Gasteiger charge is 2.25. The molecular formula is C13H18ClNO4S. The molecule has 0 aromatic heterocycles. The molecule has 1 rings (SSSR count). The predicted molar refractivity (Wildman–Crippen MR) is 77.3 cm³/mol. The van der Waals surface area contributed by atoms with Crippen molar-refractivity contribution in [2.45, 2.75) is 25.2 Å². The second-order valence-corrected chi connectivity index (χ2v) is 6.58. The lowest BCUT2D eigenvalue weighted by Gasteiger charge is -2.21. The van der Waals surface area contributed by atoms with Gasteiger partial charge in [0.15, 0.2) is 0 Å². The standard InChI is InChI=1S/C13H18ClNO4S/c1-4-15(8-7-13(16)19-3)20(17,18)12-6-5-11(14)9-10(12)2/h5-6,9H,4,7-8H2,1-3H3. The number of ether oxygens (including phenoxy) is 1. The van der Waals surface area contributed by atoms with Gasteiger partial charge in [-0.2, -0.15) is 4.31 Å². The summed E-state index contributed by atoms with van der Waals surface area (Å²) >= 11 is 5.83. The van der Waals surface area contributed by atoms with Crippen molar-refractivity contribution >= 4 is 27.6 Å². The van der Waals surface area contributed by atoms with Crippen molar-refractivity contribution < 1.29 is 17.9 Å². The second-order valence-electron chi connectivity index (χ2n) is 4.23. The van der Waals surface area contributed by atoms with E-state index in [1.165, 1.54) is 23.5 Å². The number of methoxy groups -OCH3 is 1. The number of aryl methyl sites for hydroxylation is 1. The lowest BCUT2D eigenvalue weighted by Crippen LogP contribution is -2.33. The van der Waals surface area contributed by atoms with E-state index < -0.39 is 16.0 Å². The fourth-order valence-electron chi connectivity index (χ4n) is 1.81. The molecule has 20 heavy (non-hydrogen) atoms. The summed E-state index contributed by atoms with van der Waals surface area (Å²) in [6.45, 7) is 3.78. The van der Waals surface area contributed by atoms with Gasteiger partial charge in [0.2, 0.25) is 10.0 Å². The highest BCUT2D eigenvalue weighted by atomic mass is 35.5. The van der Waals surface area contributed by atoms with Crippen LogP contribution in [-0.4, -0.2) is 38.9 Å². The molecule has 112 valence electrons. The summed E-state index contributed by atoms with van der Waals surface area (Å²) in [5, 5.41) is 0.485. The quantitative estimate of drug-likeness (QED) is 0.754. The third kappa shape index (κ3) is 3.94. The fourth-order valence-corrected chi connectivity index (χ4v) is 3.69. The van der Waals surface area contributed by atoms with Gasteiger partial charge in [0.25, 0.3) is 0 Å². The zero-order valence-electron chi connectivity index (χ0n) is 11.7. The molecule has 7 heteroatoms. The molecule has 0 saturated heterocycles. The maximum atomic E-state index is 12.5. The van der Waals surface area contributed by atoms with Gasteiger partial charge in [0.05, 0.1) is 18.4 Å². The normalized spacial score (nSPS) is 11.7. The number of carbonyl (C=O) groups excluding carboxylic acids is 1. The molecule has 0 aliphatic heterocycles. The Morgan fingerprint density at radius 2 is 2.05 bits per heavy atom. The summed E-state index contributed by atoms with van der Waals surface area (Å²) in [4.78, 5) is 11.3. The lowest BCUT2D eigenvalue weighted by molar-refractivity contribution is -0.140. The van der Waals surface area contributed by atoms with E-state index in [-0.39, 0.29) is 24.4 Å². The summed E-state index contributed by atoms with van der Waals surface area (Å²) in [6.07, 6.45) is 0.0240. The lowest BCUT2D eigenvalue weighted by atomic mass is 10.2. The van der Waals surface area contributed by atoms with Crippen molar-refractivity contribution in [2.24, 2.45) is 0 Å². The minimum Gasteiger partial charge on any atom is -0.469 e.